The summed E-state index contributed by atoms with van der Waals surface area (Å²) in [6.07, 6.45) is 1.18. The van der Waals surface area contributed by atoms with Gasteiger partial charge in [0.25, 0.3) is 0 Å². The first-order chi connectivity index (χ1) is 10.7. The van der Waals surface area contributed by atoms with Gasteiger partial charge >= 0.3 is 11.9 Å². The van der Waals surface area contributed by atoms with Crippen molar-refractivity contribution in [3.8, 4) is 0 Å². The normalized spacial score (nSPS) is 18.7. The smallest absolute Gasteiger partial charge is 0.410 e. The molecule has 8 nitrogen and oxygen atoms in total. The first-order valence-corrected chi connectivity index (χ1v) is 7.52. The third-order valence-corrected chi connectivity index (χ3v) is 3.54. The van der Waals surface area contributed by atoms with Gasteiger partial charge in [-0.1, -0.05) is 0 Å². The lowest BCUT2D eigenvalue weighted by Gasteiger charge is -2.40. The average Bonchev–Trinajstić information content (AvgIpc) is 2.45. The van der Waals surface area contributed by atoms with Crippen LogP contribution in [-0.2, 0) is 4.74 Å². The number of anilines is 1. The second-order valence-corrected chi connectivity index (χ2v) is 6.60. The third-order valence-electron chi connectivity index (χ3n) is 3.54. The predicted molar refractivity (Wildman–Crippen MR) is 85.5 cm³/mol. The summed E-state index contributed by atoms with van der Waals surface area (Å²) >= 11 is 0. The van der Waals surface area contributed by atoms with Gasteiger partial charge in [0.15, 0.2) is 6.20 Å². The van der Waals surface area contributed by atoms with E-state index < -0.39 is 10.5 Å². The Labute approximate surface area is 135 Å². The van der Waals surface area contributed by atoms with Crippen molar-refractivity contribution in [2.75, 3.05) is 24.5 Å². The molecule has 0 N–H and O–H groups in total. The number of pyridine rings is 1. The molecule has 1 aromatic rings. The quantitative estimate of drug-likeness (QED) is 0.614. The summed E-state index contributed by atoms with van der Waals surface area (Å²) in [5.41, 5.74) is 0.294. The van der Waals surface area contributed by atoms with E-state index in [0.29, 0.717) is 19.6 Å². The molecule has 126 valence electrons. The van der Waals surface area contributed by atoms with Crippen molar-refractivity contribution < 1.29 is 14.5 Å². The van der Waals surface area contributed by atoms with Crippen LogP contribution in [-0.4, -0.2) is 52.2 Å². The summed E-state index contributed by atoms with van der Waals surface area (Å²) in [6, 6.07) is 3.05. The van der Waals surface area contributed by atoms with Gasteiger partial charge in [0.05, 0.1) is 5.69 Å². The van der Waals surface area contributed by atoms with Gasteiger partial charge in [-0.05, 0) is 43.7 Å². The van der Waals surface area contributed by atoms with Crippen molar-refractivity contribution in [3.05, 3.63) is 28.4 Å². The molecule has 1 aromatic heterocycles. The maximum absolute atomic E-state index is 12.2. The summed E-state index contributed by atoms with van der Waals surface area (Å²) in [4.78, 5) is 29.9. The molecule has 1 atom stereocenters. The molecule has 2 rings (SSSR count). The van der Waals surface area contributed by atoms with Gasteiger partial charge in [-0.2, -0.15) is 0 Å². The first-order valence-electron chi connectivity index (χ1n) is 7.52. The minimum absolute atomic E-state index is 0.0196. The van der Waals surface area contributed by atoms with Crippen LogP contribution >= 0.6 is 0 Å². The van der Waals surface area contributed by atoms with Crippen LogP contribution in [0.25, 0.3) is 0 Å². The zero-order valence-electron chi connectivity index (χ0n) is 13.9. The molecular weight excluding hydrogens is 300 g/mol. The lowest BCUT2D eigenvalue weighted by atomic mass is 10.1. The van der Waals surface area contributed by atoms with Crippen molar-refractivity contribution in [2.45, 2.75) is 39.3 Å². The molecule has 0 spiro atoms. The van der Waals surface area contributed by atoms with E-state index in [0.717, 1.165) is 5.69 Å². The largest absolute Gasteiger partial charge is 0.444 e. The Morgan fingerprint density at radius 3 is 2.57 bits per heavy atom. The molecule has 1 unspecified atom stereocenters. The molecule has 0 radical (unpaired) electrons. The van der Waals surface area contributed by atoms with E-state index in [4.69, 9.17) is 4.74 Å². The van der Waals surface area contributed by atoms with Crippen LogP contribution in [0.2, 0.25) is 0 Å². The van der Waals surface area contributed by atoms with Crippen molar-refractivity contribution in [1.82, 2.24) is 9.88 Å². The van der Waals surface area contributed by atoms with E-state index >= 15 is 0 Å². The minimum atomic E-state index is -0.521. The van der Waals surface area contributed by atoms with Crippen molar-refractivity contribution in [2.24, 2.45) is 0 Å². The second kappa shape index (κ2) is 6.39. The highest BCUT2D eigenvalue weighted by Gasteiger charge is 2.31. The van der Waals surface area contributed by atoms with Crippen LogP contribution in [0.3, 0.4) is 0 Å². The van der Waals surface area contributed by atoms with Crippen LogP contribution in [0.1, 0.15) is 27.7 Å². The molecule has 0 bridgehead atoms. The number of carbonyl (C=O) groups excluding carboxylic acids is 1. The number of nitro groups is 1. The van der Waals surface area contributed by atoms with Crippen LogP contribution in [0, 0.1) is 10.1 Å². The number of hydrogen-bond acceptors (Lipinski definition) is 6. The molecular formula is C15H22N4O4. The minimum Gasteiger partial charge on any atom is -0.444 e. The van der Waals surface area contributed by atoms with E-state index in [1.807, 2.05) is 27.7 Å². The predicted octanol–water partition coefficient (Wildman–Crippen LogP) is 2.44. The van der Waals surface area contributed by atoms with Crippen LogP contribution in [0.15, 0.2) is 18.3 Å². The number of nitrogens with zero attached hydrogens (tertiary/aromatic N) is 4. The number of aromatic nitrogens is 1. The third kappa shape index (κ3) is 4.30. The molecule has 0 aromatic carbocycles. The number of hydrogen-bond donors (Lipinski definition) is 0. The fourth-order valence-electron chi connectivity index (χ4n) is 2.46. The lowest BCUT2D eigenvalue weighted by Crippen LogP contribution is -2.55. The Kier molecular flexibility index (Phi) is 4.72. The monoisotopic (exact) mass is 322 g/mol. The van der Waals surface area contributed by atoms with E-state index in [9.17, 15) is 14.9 Å². The van der Waals surface area contributed by atoms with E-state index in [-0.39, 0.29) is 18.0 Å². The molecule has 1 aliphatic heterocycles. The summed E-state index contributed by atoms with van der Waals surface area (Å²) in [5.74, 6) is -0.172. The molecule has 1 aliphatic rings. The molecule has 1 amide bonds. The maximum atomic E-state index is 12.2. The first kappa shape index (κ1) is 17.0. The van der Waals surface area contributed by atoms with Crippen LogP contribution in [0.4, 0.5) is 16.3 Å². The summed E-state index contributed by atoms with van der Waals surface area (Å²) < 4.78 is 5.41. The fraction of sp³-hybridized carbons (Fsp3) is 0.600. The van der Waals surface area contributed by atoms with Gasteiger partial charge in [-0.15, -0.1) is 0 Å². The van der Waals surface area contributed by atoms with E-state index in [2.05, 4.69) is 9.88 Å². The molecule has 23 heavy (non-hydrogen) atoms. The zero-order chi connectivity index (χ0) is 17.2. The highest BCUT2D eigenvalue weighted by atomic mass is 16.6. The van der Waals surface area contributed by atoms with Gasteiger partial charge in [0, 0.05) is 31.7 Å². The van der Waals surface area contributed by atoms with Gasteiger partial charge in [0.1, 0.15) is 5.60 Å². The Bertz CT molecular complexity index is 582. The average molecular weight is 322 g/mol. The topological polar surface area (TPSA) is 88.8 Å². The number of amides is 1. The Balaban J connectivity index is 2.00. The maximum Gasteiger partial charge on any atom is 0.410 e. The van der Waals surface area contributed by atoms with Crippen molar-refractivity contribution in [3.63, 3.8) is 0 Å². The molecule has 2 heterocycles. The van der Waals surface area contributed by atoms with Crippen molar-refractivity contribution >= 4 is 17.6 Å². The van der Waals surface area contributed by atoms with Gasteiger partial charge in [-0.3, -0.25) is 0 Å². The highest BCUT2D eigenvalue weighted by Crippen LogP contribution is 2.21. The number of ether oxygens (including phenoxy) is 1. The summed E-state index contributed by atoms with van der Waals surface area (Å²) in [7, 11) is 0. The van der Waals surface area contributed by atoms with Gasteiger partial charge < -0.3 is 24.7 Å². The van der Waals surface area contributed by atoms with Crippen LogP contribution in [0.5, 0.6) is 0 Å². The number of carbonyl (C=O) groups is 1. The van der Waals surface area contributed by atoms with Crippen molar-refractivity contribution in [1.29, 1.82) is 0 Å². The molecule has 1 fully saturated rings. The molecule has 0 saturated carbocycles. The van der Waals surface area contributed by atoms with Crippen LogP contribution < -0.4 is 4.90 Å². The van der Waals surface area contributed by atoms with E-state index in [1.165, 1.54) is 12.3 Å². The second-order valence-electron chi connectivity index (χ2n) is 6.60. The van der Waals surface area contributed by atoms with Gasteiger partial charge in [-0.25, -0.2) is 4.79 Å². The summed E-state index contributed by atoms with van der Waals surface area (Å²) in [5, 5.41) is 10.6. The standard InChI is InChI=1S/C15H22N4O4/c1-11-10-17(12-5-6-13(16-9-12)19(21)22)7-8-18(11)14(20)23-15(2,3)4/h5-6,9,11H,7-8,10H2,1-4H3. The fourth-order valence-corrected chi connectivity index (χ4v) is 2.46. The van der Waals surface area contributed by atoms with E-state index in [1.54, 1.807) is 11.0 Å². The molecule has 0 aliphatic carbocycles. The Hall–Kier alpha value is -2.38. The summed E-state index contributed by atoms with van der Waals surface area (Å²) in [6.45, 7) is 9.26. The molecule has 1 saturated heterocycles. The Morgan fingerprint density at radius 1 is 1.39 bits per heavy atom. The lowest BCUT2D eigenvalue weighted by molar-refractivity contribution is -0.389. The molecule has 8 heteroatoms. The van der Waals surface area contributed by atoms with Gasteiger partial charge in [0.2, 0.25) is 0 Å². The Morgan fingerprint density at radius 2 is 2.09 bits per heavy atom. The zero-order valence-corrected chi connectivity index (χ0v) is 13.9. The highest BCUT2D eigenvalue weighted by molar-refractivity contribution is 5.69. The number of piperazine rings is 1. The SMILES string of the molecule is CC1CN(c2ccc([N+](=O)[O-])nc2)CCN1C(=O)OC(C)(C)C. The number of rotatable bonds is 2.